The van der Waals surface area contributed by atoms with Gasteiger partial charge in [0.1, 0.15) is 5.82 Å². The molecule has 1 aromatic rings. The second-order valence-corrected chi connectivity index (χ2v) is 5.28. The molecular formula is C14H21N3O. The maximum absolute atomic E-state index is 5.70. The van der Waals surface area contributed by atoms with E-state index in [0.29, 0.717) is 5.92 Å². The SMILES string of the molecule is c1cc(C2CCCC2)nc(CC2CNCCO2)n1. The monoisotopic (exact) mass is 247 g/mol. The van der Waals surface area contributed by atoms with Crippen LogP contribution in [0.3, 0.4) is 0 Å². The number of morpholine rings is 1. The van der Waals surface area contributed by atoms with Crippen molar-refractivity contribution in [3.8, 4) is 0 Å². The highest BCUT2D eigenvalue weighted by Crippen LogP contribution is 2.32. The fourth-order valence-electron chi connectivity index (χ4n) is 2.92. The summed E-state index contributed by atoms with van der Waals surface area (Å²) in [5, 5.41) is 3.34. The molecule has 18 heavy (non-hydrogen) atoms. The predicted molar refractivity (Wildman–Crippen MR) is 69.6 cm³/mol. The fraction of sp³-hybridized carbons (Fsp3) is 0.714. The molecule has 1 atom stereocenters. The summed E-state index contributed by atoms with van der Waals surface area (Å²) in [6.45, 7) is 2.67. The van der Waals surface area contributed by atoms with Gasteiger partial charge in [-0.1, -0.05) is 12.8 Å². The Labute approximate surface area is 108 Å². The molecule has 4 nitrogen and oxygen atoms in total. The number of nitrogens with zero attached hydrogens (tertiary/aromatic N) is 2. The summed E-state index contributed by atoms with van der Waals surface area (Å²) in [6, 6.07) is 2.08. The smallest absolute Gasteiger partial charge is 0.131 e. The quantitative estimate of drug-likeness (QED) is 0.882. The third-order valence-electron chi connectivity index (χ3n) is 3.92. The van der Waals surface area contributed by atoms with Crippen LogP contribution in [0.2, 0.25) is 0 Å². The Morgan fingerprint density at radius 2 is 2.22 bits per heavy atom. The molecule has 0 radical (unpaired) electrons. The first-order chi connectivity index (χ1) is 8.92. The van der Waals surface area contributed by atoms with Crippen molar-refractivity contribution in [2.45, 2.75) is 44.1 Å². The molecule has 3 rings (SSSR count). The summed E-state index contributed by atoms with van der Waals surface area (Å²) in [5.74, 6) is 1.60. The molecule has 0 aromatic carbocycles. The van der Waals surface area contributed by atoms with E-state index in [1.54, 1.807) is 0 Å². The predicted octanol–water partition coefficient (Wildman–Crippen LogP) is 1.67. The summed E-state index contributed by atoms with van der Waals surface area (Å²) in [6.07, 6.45) is 8.24. The van der Waals surface area contributed by atoms with Crippen LogP contribution in [0.5, 0.6) is 0 Å². The van der Waals surface area contributed by atoms with Crippen LogP contribution in [-0.4, -0.2) is 35.8 Å². The third kappa shape index (κ3) is 2.87. The van der Waals surface area contributed by atoms with Gasteiger partial charge in [-0.3, -0.25) is 0 Å². The molecule has 0 spiro atoms. The van der Waals surface area contributed by atoms with Gasteiger partial charge in [-0.25, -0.2) is 9.97 Å². The first-order valence-electron chi connectivity index (χ1n) is 7.06. The largest absolute Gasteiger partial charge is 0.375 e. The van der Waals surface area contributed by atoms with Crippen molar-refractivity contribution < 1.29 is 4.74 Å². The van der Waals surface area contributed by atoms with E-state index < -0.39 is 0 Å². The second kappa shape index (κ2) is 5.76. The fourth-order valence-corrected chi connectivity index (χ4v) is 2.92. The average molecular weight is 247 g/mol. The van der Waals surface area contributed by atoms with Gasteiger partial charge in [0.15, 0.2) is 0 Å². The van der Waals surface area contributed by atoms with Crippen LogP contribution in [0.25, 0.3) is 0 Å². The van der Waals surface area contributed by atoms with E-state index in [4.69, 9.17) is 9.72 Å². The minimum atomic E-state index is 0.234. The van der Waals surface area contributed by atoms with Crippen LogP contribution < -0.4 is 5.32 Å². The molecule has 2 fully saturated rings. The van der Waals surface area contributed by atoms with E-state index in [-0.39, 0.29) is 6.10 Å². The maximum atomic E-state index is 5.70. The lowest BCUT2D eigenvalue weighted by Gasteiger charge is -2.23. The van der Waals surface area contributed by atoms with E-state index in [0.717, 1.165) is 31.9 Å². The lowest BCUT2D eigenvalue weighted by atomic mass is 10.0. The van der Waals surface area contributed by atoms with Gasteiger partial charge >= 0.3 is 0 Å². The summed E-state index contributed by atoms with van der Waals surface area (Å²) < 4.78 is 5.70. The molecule has 1 unspecified atom stereocenters. The lowest BCUT2D eigenvalue weighted by Crippen LogP contribution is -2.39. The number of nitrogens with one attached hydrogen (secondary N) is 1. The number of hydrogen-bond donors (Lipinski definition) is 1. The van der Waals surface area contributed by atoms with Crippen molar-refractivity contribution >= 4 is 0 Å². The van der Waals surface area contributed by atoms with Crippen LogP contribution in [0.4, 0.5) is 0 Å². The average Bonchev–Trinajstić information content (AvgIpc) is 2.94. The first-order valence-corrected chi connectivity index (χ1v) is 7.06. The number of hydrogen-bond acceptors (Lipinski definition) is 4. The van der Waals surface area contributed by atoms with E-state index in [1.807, 2.05) is 6.20 Å². The van der Waals surface area contributed by atoms with Gasteiger partial charge in [0.25, 0.3) is 0 Å². The van der Waals surface area contributed by atoms with Gasteiger partial charge < -0.3 is 10.1 Å². The standard InChI is InChI=1S/C14H21N3O/c1-2-4-11(3-1)13-5-6-16-14(17-13)9-12-10-15-7-8-18-12/h5-6,11-12,15H,1-4,7-10H2. The molecule has 0 amide bonds. The Balaban J connectivity index is 1.66. The minimum Gasteiger partial charge on any atom is -0.375 e. The Kier molecular flexibility index (Phi) is 3.86. The zero-order chi connectivity index (χ0) is 12.2. The zero-order valence-corrected chi connectivity index (χ0v) is 10.8. The van der Waals surface area contributed by atoms with Gasteiger partial charge in [0, 0.05) is 37.3 Å². The second-order valence-electron chi connectivity index (χ2n) is 5.28. The van der Waals surface area contributed by atoms with Crippen molar-refractivity contribution in [2.24, 2.45) is 0 Å². The van der Waals surface area contributed by atoms with Gasteiger partial charge in [-0.15, -0.1) is 0 Å². The molecule has 2 aliphatic rings. The van der Waals surface area contributed by atoms with Crippen LogP contribution >= 0.6 is 0 Å². The molecule has 2 heterocycles. The summed E-state index contributed by atoms with van der Waals surface area (Å²) in [7, 11) is 0. The van der Waals surface area contributed by atoms with Crippen molar-refractivity contribution in [1.82, 2.24) is 15.3 Å². The molecule has 0 bridgehead atoms. The Morgan fingerprint density at radius 1 is 1.33 bits per heavy atom. The highest BCUT2D eigenvalue weighted by Gasteiger charge is 2.20. The Bertz CT molecular complexity index is 384. The topological polar surface area (TPSA) is 47.0 Å². The van der Waals surface area contributed by atoms with Crippen molar-refractivity contribution in [2.75, 3.05) is 19.7 Å². The molecule has 1 N–H and O–H groups in total. The Morgan fingerprint density at radius 3 is 3.00 bits per heavy atom. The van der Waals surface area contributed by atoms with Crippen LogP contribution in [0.15, 0.2) is 12.3 Å². The van der Waals surface area contributed by atoms with Crippen molar-refractivity contribution in [1.29, 1.82) is 0 Å². The summed E-state index contributed by atoms with van der Waals surface area (Å²) in [4.78, 5) is 9.12. The Hall–Kier alpha value is -1.00. The van der Waals surface area contributed by atoms with Gasteiger partial charge in [-0.05, 0) is 18.9 Å². The van der Waals surface area contributed by atoms with E-state index >= 15 is 0 Å². The van der Waals surface area contributed by atoms with Crippen LogP contribution in [0.1, 0.15) is 43.1 Å². The maximum Gasteiger partial charge on any atom is 0.131 e. The van der Waals surface area contributed by atoms with Crippen molar-refractivity contribution in [3.05, 3.63) is 23.8 Å². The summed E-state index contributed by atoms with van der Waals surface area (Å²) >= 11 is 0. The molecule has 98 valence electrons. The zero-order valence-electron chi connectivity index (χ0n) is 10.8. The third-order valence-corrected chi connectivity index (χ3v) is 3.92. The minimum absolute atomic E-state index is 0.234. The molecule has 1 aliphatic carbocycles. The van der Waals surface area contributed by atoms with Gasteiger partial charge in [-0.2, -0.15) is 0 Å². The van der Waals surface area contributed by atoms with E-state index in [2.05, 4.69) is 16.4 Å². The highest BCUT2D eigenvalue weighted by molar-refractivity contribution is 5.10. The molecule has 1 saturated heterocycles. The lowest BCUT2D eigenvalue weighted by molar-refractivity contribution is 0.0280. The summed E-state index contributed by atoms with van der Waals surface area (Å²) in [5.41, 5.74) is 1.24. The van der Waals surface area contributed by atoms with E-state index in [1.165, 1.54) is 31.4 Å². The molecule has 4 heteroatoms. The number of ether oxygens (including phenoxy) is 1. The van der Waals surface area contributed by atoms with Crippen LogP contribution in [-0.2, 0) is 11.2 Å². The molecule has 1 aromatic heterocycles. The highest BCUT2D eigenvalue weighted by atomic mass is 16.5. The van der Waals surface area contributed by atoms with E-state index in [9.17, 15) is 0 Å². The van der Waals surface area contributed by atoms with Crippen molar-refractivity contribution in [3.63, 3.8) is 0 Å². The number of aromatic nitrogens is 2. The molecule has 1 aliphatic heterocycles. The molecular weight excluding hydrogens is 226 g/mol. The van der Waals surface area contributed by atoms with Gasteiger partial charge in [0.05, 0.1) is 12.7 Å². The molecule has 1 saturated carbocycles. The van der Waals surface area contributed by atoms with Gasteiger partial charge in [0.2, 0.25) is 0 Å². The first kappa shape index (κ1) is 12.1. The number of rotatable bonds is 3. The normalized spacial score (nSPS) is 25.4. The van der Waals surface area contributed by atoms with Crippen LogP contribution in [0, 0.1) is 0 Å².